The molecule has 0 spiro atoms. The maximum atomic E-state index is 10.6. The molecule has 2 rings (SSSR count). The van der Waals surface area contributed by atoms with Crippen LogP contribution in [0.15, 0.2) is 24.3 Å². The van der Waals surface area contributed by atoms with E-state index in [0.29, 0.717) is 13.1 Å². The van der Waals surface area contributed by atoms with E-state index in [1.165, 1.54) is 12.1 Å². The molecular weight excluding hydrogens is 272 g/mol. The molecule has 0 aliphatic carbocycles. The molecule has 0 atom stereocenters. The Kier molecular flexibility index (Phi) is 4.54. The Bertz CT molecular complexity index is 634. The van der Waals surface area contributed by atoms with Crippen LogP contribution in [0.3, 0.4) is 0 Å². The second kappa shape index (κ2) is 6.36. The minimum Gasteiger partial charge on any atom is -0.481 e. The minimum atomic E-state index is -0.402. The van der Waals surface area contributed by atoms with Crippen LogP contribution in [0.25, 0.3) is 0 Å². The third-order valence-corrected chi connectivity index (χ3v) is 3.26. The van der Waals surface area contributed by atoms with E-state index < -0.39 is 4.92 Å². The van der Waals surface area contributed by atoms with Crippen molar-refractivity contribution in [1.82, 2.24) is 15.1 Å². The molecule has 1 aromatic carbocycles. The molecule has 0 radical (unpaired) electrons. The summed E-state index contributed by atoms with van der Waals surface area (Å²) in [5.74, 6) is 0.740. The Balaban J connectivity index is 1.97. The molecule has 0 saturated carbocycles. The number of hydrogen-bond acceptors (Lipinski definition) is 5. The number of ether oxygens (including phenoxy) is 1. The van der Waals surface area contributed by atoms with Crippen molar-refractivity contribution in [2.45, 2.75) is 20.0 Å². The van der Waals surface area contributed by atoms with Crippen LogP contribution in [0.2, 0.25) is 0 Å². The number of nitrogens with one attached hydrogen (secondary N) is 1. The number of benzene rings is 1. The fourth-order valence-electron chi connectivity index (χ4n) is 2.21. The summed E-state index contributed by atoms with van der Waals surface area (Å²) in [7, 11) is 3.46. The first-order valence-electron chi connectivity index (χ1n) is 6.53. The standard InChI is InChI=1S/C14H18N4O3/c1-10-13(14(21-3)17(2)16-10)9-15-8-11-4-6-12(7-5-11)18(19)20/h4-7,15H,8-9H2,1-3H3. The third-order valence-electron chi connectivity index (χ3n) is 3.26. The van der Waals surface area contributed by atoms with Crippen molar-refractivity contribution in [2.24, 2.45) is 7.05 Å². The lowest BCUT2D eigenvalue weighted by atomic mass is 10.2. The summed E-state index contributed by atoms with van der Waals surface area (Å²) in [6.45, 7) is 3.18. The number of nitro groups is 1. The average Bonchev–Trinajstić information content (AvgIpc) is 2.73. The van der Waals surface area contributed by atoms with Gasteiger partial charge in [-0.15, -0.1) is 0 Å². The van der Waals surface area contributed by atoms with Crippen molar-refractivity contribution in [2.75, 3.05) is 7.11 Å². The van der Waals surface area contributed by atoms with Crippen LogP contribution in [0.4, 0.5) is 5.69 Å². The number of methoxy groups -OCH3 is 1. The molecule has 0 unspecified atom stereocenters. The van der Waals surface area contributed by atoms with Crippen molar-refractivity contribution in [3.05, 3.63) is 51.2 Å². The molecule has 0 aliphatic rings. The summed E-state index contributed by atoms with van der Waals surface area (Å²) in [6.07, 6.45) is 0. The summed E-state index contributed by atoms with van der Waals surface area (Å²) >= 11 is 0. The van der Waals surface area contributed by atoms with Crippen LogP contribution in [0.5, 0.6) is 5.88 Å². The SMILES string of the molecule is COc1c(CNCc2ccc([N+](=O)[O-])cc2)c(C)nn1C. The Morgan fingerprint density at radius 1 is 1.33 bits per heavy atom. The summed E-state index contributed by atoms with van der Waals surface area (Å²) < 4.78 is 7.03. The molecule has 21 heavy (non-hydrogen) atoms. The second-order valence-electron chi connectivity index (χ2n) is 4.72. The number of aryl methyl sites for hydroxylation is 2. The maximum absolute atomic E-state index is 10.6. The van der Waals surface area contributed by atoms with Gasteiger partial charge >= 0.3 is 0 Å². The monoisotopic (exact) mass is 290 g/mol. The lowest BCUT2D eigenvalue weighted by Crippen LogP contribution is -2.13. The first-order valence-corrected chi connectivity index (χ1v) is 6.53. The van der Waals surface area contributed by atoms with E-state index in [2.05, 4.69) is 10.4 Å². The van der Waals surface area contributed by atoms with Gasteiger partial charge in [-0.1, -0.05) is 12.1 Å². The van der Waals surface area contributed by atoms with Gasteiger partial charge < -0.3 is 10.1 Å². The lowest BCUT2D eigenvalue weighted by Gasteiger charge is -2.07. The van der Waals surface area contributed by atoms with E-state index in [1.54, 1.807) is 23.9 Å². The first-order chi connectivity index (χ1) is 10.0. The highest BCUT2D eigenvalue weighted by molar-refractivity contribution is 5.33. The van der Waals surface area contributed by atoms with Crippen molar-refractivity contribution in [3.8, 4) is 5.88 Å². The molecular formula is C14H18N4O3. The van der Waals surface area contributed by atoms with Crippen LogP contribution in [0, 0.1) is 17.0 Å². The Morgan fingerprint density at radius 2 is 2.00 bits per heavy atom. The summed E-state index contributed by atoms with van der Waals surface area (Å²) in [5, 5.41) is 18.2. The quantitative estimate of drug-likeness (QED) is 0.649. The van der Waals surface area contributed by atoms with Crippen LogP contribution in [-0.4, -0.2) is 21.8 Å². The summed E-state index contributed by atoms with van der Waals surface area (Å²) in [5.41, 5.74) is 3.03. The molecule has 1 heterocycles. The van der Waals surface area contributed by atoms with Gasteiger partial charge in [-0.05, 0) is 12.5 Å². The number of hydrogen-bond donors (Lipinski definition) is 1. The third kappa shape index (κ3) is 3.38. The fourth-order valence-corrected chi connectivity index (χ4v) is 2.21. The topological polar surface area (TPSA) is 82.2 Å². The molecule has 1 aromatic heterocycles. The number of rotatable bonds is 6. The van der Waals surface area contributed by atoms with Crippen molar-refractivity contribution in [1.29, 1.82) is 0 Å². The normalized spacial score (nSPS) is 10.6. The van der Waals surface area contributed by atoms with Gasteiger partial charge in [0.15, 0.2) is 0 Å². The van der Waals surface area contributed by atoms with Crippen molar-refractivity contribution < 1.29 is 9.66 Å². The van der Waals surface area contributed by atoms with E-state index >= 15 is 0 Å². The van der Waals surface area contributed by atoms with Crippen LogP contribution < -0.4 is 10.1 Å². The average molecular weight is 290 g/mol. The molecule has 7 nitrogen and oxygen atoms in total. The Morgan fingerprint density at radius 3 is 2.57 bits per heavy atom. The maximum Gasteiger partial charge on any atom is 0.269 e. The number of nitrogens with zero attached hydrogens (tertiary/aromatic N) is 3. The number of nitro benzene ring substituents is 1. The Labute approximate surface area is 122 Å². The smallest absolute Gasteiger partial charge is 0.269 e. The molecule has 0 fully saturated rings. The van der Waals surface area contributed by atoms with E-state index in [9.17, 15) is 10.1 Å². The zero-order chi connectivity index (χ0) is 15.4. The Hall–Kier alpha value is -2.41. The first kappa shape index (κ1) is 15.0. The lowest BCUT2D eigenvalue weighted by molar-refractivity contribution is -0.384. The molecule has 112 valence electrons. The highest BCUT2D eigenvalue weighted by Gasteiger charge is 2.13. The number of non-ortho nitro benzene ring substituents is 1. The molecule has 0 aliphatic heterocycles. The predicted molar refractivity (Wildman–Crippen MR) is 78.1 cm³/mol. The highest BCUT2D eigenvalue weighted by atomic mass is 16.6. The van der Waals surface area contributed by atoms with Crippen LogP contribution >= 0.6 is 0 Å². The largest absolute Gasteiger partial charge is 0.481 e. The second-order valence-corrected chi connectivity index (χ2v) is 4.72. The molecule has 2 aromatic rings. The zero-order valence-corrected chi connectivity index (χ0v) is 12.3. The van der Waals surface area contributed by atoms with E-state index in [0.717, 1.165) is 22.7 Å². The van der Waals surface area contributed by atoms with Gasteiger partial charge in [-0.25, -0.2) is 4.68 Å². The molecule has 0 bridgehead atoms. The van der Waals surface area contributed by atoms with E-state index in [1.807, 2.05) is 14.0 Å². The van der Waals surface area contributed by atoms with Gasteiger partial charge in [0.1, 0.15) is 0 Å². The molecule has 7 heteroatoms. The molecule has 0 saturated heterocycles. The van der Waals surface area contributed by atoms with E-state index in [-0.39, 0.29) is 5.69 Å². The van der Waals surface area contributed by atoms with Gasteiger partial charge in [-0.2, -0.15) is 5.10 Å². The minimum absolute atomic E-state index is 0.100. The summed E-state index contributed by atoms with van der Waals surface area (Å²) in [4.78, 5) is 10.2. The van der Waals surface area contributed by atoms with Crippen LogP contribution in [0.1, 0.15) is 16.8 Å². The number of aromatic nitrogens is 2. The van der Waals surface area contributed by atoms with Gasteiger partial charge in [0.2, 0.25) is 5.88 Å². The van der Waals surface area contributed by atoms with Gasteiger partial charge in [-0.3, -0.25) is 10.1 Å². The van der Waals surface area contributed by atoms with Crippen molar-refractivity contribution >= 4 is 5.69 Å². The summed E-state index contributed by atoms with van der Waals surface area (Å²) in [6, 6.07) is 6.51. The molecule has 0 amide bonds. The van der Waals surface area contributed by atoms with Gasteiger partial charge in [0.05, 0.1) is 23.3 Å². The highest BCUT2D eigenvalue weighted by Crippen LogP contribution is 2.20. The van der Waals surface area contributed by atoms with Crippen molar-refractivity contribution in [3.63, 3.8) is 0 Å². The van der Waals surface area contributed by atoms with Crippen LogP contribution in [-0.2, 0) is 20.1 Å². The zero-order valence-electron chi connectivity index (χ0n) is 12.3. The van der Waals surface area contributed by atoms with E-state index in [4.69, 9.17) is 4.74 Å². The predicted octanol–water partition coefficient (Wildman–Crippen LogP) is 1.94. The molecule has 1 N–H and O–H groups in total. The van der Waals surface area contributed by atoms with Gasteiger partial charge in [0, 0.05) is 32.3 Å². The van der Waals surface area contributed by atoms with Gasteiger partial charge in [0.25, 0.3) is 5.69 Å². The fraction of sp³-hybridized carbons (Fsp3) is 0.357.